The van der Waals surface area contributed by atoms with E-state index in [1.54, 1.807) is 17.5 Å². The van der Waals surface area contributed by atoms with Gasteiger partial charge in [-0.2, -0.15) is 21.9 Å². The normalized spacial score (nSPS) is 15.0. The van der Waals surface area contributed by atoms with E-state index in [1.165, 1.54) is 0 Å². The second-order valence-electron chi connectivity index (χ2n) is 1.93. The minimum absolute atomic E-state index is 0.959. The first-order valence-corrected chi connectivity index (χ1v) is 3.88. The number of allylic oxidation sites excluding steroid dienone is 1. The molecule has 0 fully saturated rings. The fourth-order valence-electron chi connectivity index (χ4n) is 0.797. The lowest BCUT2D eigenvalue weighted by Gasteiger charge is -1.86. The van der Waals surface area contributed by atoms with E-state index >= 15 is 0 Å². The van der Waals surface area contributed by atoms with Crippen molar-refractivity contribution in [1.29, 1.82) is 0 Å². The predicted octanol–water partition coefficient (Wildman–Crippen LogP) is 1.58. The molecule has 2 heterocycles. The molecule has 1 aromatic rings. The molecule has 1 radical (unpaired) electrons. The van der Waals surface area contributed by atoms with E-state index in [-0.39, 0.29) is 0 Å². The number of thiophene rings is 1. The van der Waals surface area contributed by atoms with E-state index in [0.717, 1.165) is 11.3 Å². The van der Waals surface area contributed by atoms with E-state index < -0.39 is 0 Å². The summed E-state index contributed by atoms with van der Waals surface area (Å²) in [7, 11) is 0. The summed E-state index contributed by atoms with van der Waals surface area (Å²) in [4.78, 5) is 0. The second kappa shape index (κ2) is 2.27. The van der Waals surface area contributed by atoms with E-state index in [0.29, 0.717) is 0 Å². The van der Waals surface area contributed by atoms with Crippen LogP contribution in [0.5, 0.6) is 0 Å². The zero-order valence-corrected chi connectivity index (χ0v) is 6.01. The van der Waals surface area contributed by atoms with Crippen LogP contribution in [-0.4, -0.2) is 5.71 Å². The highest BCUT2D eigenvalue weighted by atomic mass is 32.1. The SMILES string of the molecule is C1=CC(c2ccsc2)=N[N]1. The lowest BCUT2D eigenvalue weighted by atomic mass is 10.2. The summed E-state index contributed by atoms with van der Waals surface area (Å²) in [6.07, 6.45) is 3.61. The van der Waals surface area contributed by atoms with Crippen molar-refractivity contribution in [3.05, 3.63) is 34.7 Å². The molecule has 0 amide bonds. The van der Waals surface area contributed by atoms with Crippen LogP contribution in [0.15, 0.2) is 34.2 Å². The Kier molecular flexibility index (Phi) is 1.29. The van der Waals surface area contributed by atoms with E-state index in [4.69, 9.17) is 0 Å². The molecule has 0 saturated carbocycles. The predicted molar refractivity (Wildman–Crippen MR) is 42.1 cm³/mol. The van der Waals surface area contributed by atoms with Crippen molar-refractivity contribution < 1.29 is 0 Å². The van der Waals surface area contributed by atoms with Crippen LogP contribution >= 0.6 is 11.3 Å². The van der Waals surface area contributed by atoms with Crippen molar-refractivity contribution >= 4 is 17.0 Å². The highest BCUT2D eigenvalue weighted by Gasteiger charge is 2.02. The largest absolute Gasteiger partial charge is 0.158 e. The van der Waals surface area contributed by atoms with E-state index in [1.807, 2.05) is 17.5 Å². The van der Waals surface area contributed by atoms with Crippen molar-refractivity contribution in [3.63, 3.8) is 0 Å². The average Bonchev–Trinajstić information content (AvgIpc) is 2.59. The summed E-state index contributed by atoms with van der Waals surface area (Å²) in [5.74, 6) is 0. The lowest BCUT2D eigenvalue weighted by Crippen LogP contribution is -1.90. The van der Waals surface area contributed by atoms with Crippen LogP contribution in [-0.2, 0) is 0 Å². The van der Waals surface area contributed by atoms with Crippen molar-refractivity contribution in [2.24, 2.45) is 5.10 Å². The molecule has 0 bridgehead atoms. The molecule has 0 N–H and O–H groups in total. The lowest BCUT2D eigenvalue weighted by molar-refractivity contribution is 0.972. The number of nitrogens with zero attached hydrogens (tertiary/aromatic N) is 2. The van der Waals surface area contributed by atoms with Gasteiger partial charge in [0.05, 0.1) is 11.9 Å². The van der Waals surface area contributed by atoms with Gasteiger partial charge in [0.15, 0.2) is 0 Å². The standard InChI is InChI=1S/C7H5N2S/c1-3-8-9-7(1)6-2-4-10-5-6/h1-5H. The van der Waals surface area contributed by atoms with Crippen LogP contribution < -0.4 is 5.43 Å². The monoisotopic (exact) mass is 149 g/mol. The van der Waals surface area contributed by atoms with Gasteiger partial charge < -0.3 is 0 Å². The molecule has 0 aliphatic carbocycles. The molecule has 49 valence electrons. The quantitative estimate of drug-likeness (QED) is 0.579. The van der Waals surface area contributed by atoms with Gasteiger partial charge in [0.2, 0.25) is 0 Å². The fourth-order valence-corrected chi connectivity index (χ4v) is 1.45. The molecule has 1 aliphatic rings. The Morgan fingerprint density at radius 2 is 2.40 bits per heavy atom. The van der Waals surface area contributed by atoms with Crippen LogP contribution in [0.25, 0.3) is 0 Å². The number of rotatable bonds is 1. The van der Waals surface area contributed by atoms with Crippen LogP contribution in [0.3, 0.4) is 0 Å². The first-order chi connectivity index (χ1) is 4.97. The smallest absolute Gasteiger partial charge is 0.0953 e. The molecule has 10 heavy (non-hydrogen) atoms. The Balaban J connectivity index is 2.36. The topological polar surface area (TPSA) is 26.5 Å². The summed E-state index contributed by atoms with van der Waals surface area (Å²) >= 11 is 1.67. The van der Waals surface area contributed by atoms with Crippen LogP contribution in [0.2, 0.25) is 0 Å². The van der Waals surface area contributed by atoms with Crippen molar-refractivity contribution in [1.82, 2.24) is 5.43 Å². The summed E-state index contributed by atoms with van der Waals surface area (Å²) in [6, 6.07) is 2.04. The number of hydrogen-bond acceptors (Lipinski definition) is 2. The highest BCUT2D eigenvalue weighted by Crippen LogP contribution is 2.09. The van der Waals surface area contributed by atoms with Gasteiger partial charge in [0, 0.05) is 10.9 Å². The first kappa shape index (κ1) is 5.68. The third-order valence-corrected chi connectivity index (χ3v) is 1.96. The summed E-state index contributed by atoms with van der Waals surface area (Å²) < 4.78 is 0. The minimum atomic E-state index is 0.959. The molecule has 1 aromatic heterocycles. The van der Waals surface area contributed by atoms with Crippen molar-refractivity contribution in [2.45, 2.75) is 0 Å². The van der Waals surface area contributed by atoms with Crippen molar-refractivity contribution in [3.8, 4) is 0 Å². The maximum absolute atomic E-state index is 3.92. The molecule has 3 heteroatoms. The Labute approximate surface area is 62.9 Å². The molecule has 1 aliphatic heterocycles. The Morgan fingerprint density at radius 3 is 3.00 bits per heavy atom. The second-order valence-corrected chi connectivity index (χ2v) is 2.71. The molecule has 0 atom stereocenters. The molecule has 0 aromatic carbocycles. The molecule has 0 saturated heterocycles. The van der Waals surface area contributed by atoms with Gasteiger partial charge >= 0.3 is 0 Å². The highest BCUT2D eigenvalue weighted by molar-refractivity contribution is 7.08. The van der Waals surface area contributed by atoms with Crippen LogP contribution in [0, 0.1) is 0 Å². The van der Waals surface area contributed by atoms with Gasteiger partial charge in [-0.25, -0.2) is 0 Å². The van der Waals surface area contributed by atoms with Crippen LogP contribution in [0.1, 0.15) is 5.56 Å². The Morgan fingerprint density at radius 1 is 1.40 bits per heavy atom. The van der Waals surface area contributed by atoms with Gasteiger partial charge in [-0.3, -0.25) is 0 Å². The van der Waals surface area contributed by atoms with Gasteiger partial charge in [-0.15, -0.1) is 0 Å². The number of hydrogen-bond donors (Lipinski definition) is 0. The molecular formula is C7H5N2S. The maximum Gasteiger partial charge on any atom is 0.0953 e. The molecular weight excluding hydrogens is 144 g/mol. The summed E-state index contributed by atoms with van der Waals surface area (Å²) in [5.41, 5.74) is 5.85. The molecule has 0 unspecified atom stereocenters. The fraction of sp³-hybridized carbons (Fsp3) is 0. The maximum atomic E-state index is 3.92. The molecule has 2 nitrogen and oxygen atoms in total. The molecule has 2 rings (SSSR count). The third-order valence-electron chi connectivity index (χ3n) is 1.28. The van der Waals surface area contributed by atoms with E-state index in [2.05, 4.69) is 15.9 Å². The third kappa shape index (κ3) is 0.844. The Hall–Kier alpha value is -1.09. The Bertz CT molecular complexity index is 272. The van der Waals surface area contributed by atoms with Crippen LogP contribution in [0.4, 0.5) is 0 Å². The van der Waals surface area contributed by atoms with Gasteiger partial charge in [0.1, 0.15) is 0 Å². The zero-order valence-electron chi connectivity index (χ0n) is 5.19. The average molecular weight is 149 g/mol. The van der Waals surface area contributed by atoms with E-state index in [9.17, 15) is 0 Å². The first-order valence-electron chi connectivity index (χ1n) is 2.94. The van der Waals surface area contributed by atoms with Gasteiger partial charge in [-0.1, -0.05) is 0 Å². The van der Waals surface area contributed by atoms with Gasteiger partial charge in [0.25, 0.3) is 0 Å². The van der Waals surface area contributed by atoms with Crippen molar-refractivity contribution in [2.75, 3.05) is 0 Å². The summed E-state index contributed by atoms with van der Waals surface area (Å²) in [6.45, 7) is 0. The summed E-state index contributed by atoms with van der Waals surface area (Å²) in [5, 5.41) is 8.01. The van der Waals surface area contributed by atoms with Gasteiger partial charge in [-0.05, 0) is 17.5 Å². The zero-order chi connectivity index (χ0) is 6.81. The molecule has 0 spiro atoms. The minimum Gasteiger partial charge on any atom is -0.158 e.